The first-order chi connectivity index (χ1) is 8.06. The molecule has 17 heavy (non-hydrogen) atoms. The molecule has 0 amide bonds. The van der Waals surface area contributed by atoms with Crippen molar-refractivity contribution in [3.63, 3.8) is 0 Å². The largest absolute Gasteiger partial charge is 0.469 e. The second kappa shape index (κ2) is 6.77. The van der Waals surface area contributed by atoms with Crippen LogP contribution < -0.4 is 0 Å². The van der Waals surface area contributed by atoms with Crippen LogP contribution in [0.5, 0.6) is 0 Å². The van der Waals surface area contributed by atoms with Crippen LogP contribution in [-0.2, 0) is 16.0 Å². The molecule has 1 aromatic rings. The third kappa shape index (κ3) is 4.48. The van der Waals surface area contributed by atoms with Crippen LogP contribution in [0.25, 0.3) is 0 Å². The van der Waals surface area contributed by atoms with E-state index in [0.29, 0.717) is 5.56 Å². The Balaban J connectivity index is 2.93. The van der Waals surface area contributed by atoms with Gasteiger partial charge in [-0.3, -0.25) is 9.59 Å². The molecule has 5 heteroatoms. The van der Waals surface area contributed by atoms with Gasteiger partial charge in [-0.25, -0.2) is 0 Å². The van der Waals surface area contributed by atoms with Crippen LogP contribution in [0, 0.1) is 0 Å². The minimum Gasteiger partial charge on any atom is -0.469 e. The van der Waals surface area contributed by atoms with Crippen LogP contribution in [0.15, 0.2) is 22.7 Å². The van der Waals surface area contributed by atoms with E-state index in [9.17, 15) is 9.59 Å². The Morgan fingerprint density at radius 1 is 1.35 bits per heavy atom. The quantitative estimate of drug-likeness (QED) is 0.476. The van der Waals surface area contributed by atoms with E-state index in [1.165, 1.54) is 7.11 Å². The fourth-order valence-corrected chi connectivity index (χ4v) is 2.09. The van der Waals surface area contributed by atoms with Crippen molar-refractivity contribution in [2.24, 2.45) is 0 Å². The summed E-state index contributed by atoms with van der Waals surface area (Å²) in [5.74, 6) is -0.0798. The summed E-state index contributed by atoms with van der Waals surface area (Å²) in [5.41, 5.74) is 1.29. The summed E-state index contributed by atoms with van der Waals surface area (Å²) >= 11 is 8.83. The number of Topliss-reactive ketones (excluding diaryl/α,β-unsaturated/α-hetero) is 1. The molecule has 1 rings (SSSR count). The third-order valence-corrected chi connectivity index (χ3v) is 2.82. The maximum absolute atomic E-state index is 11.7. The van der Waals surface area contributed by atoms with E-state index in [-0.39, 0.29) is 30.5 Å². The standard InChI is InChI=1S/C12H12BrClO3/c1-17-12(16)6-8-4-9(7-10(13)5-8)11(15)2-3-14/h4-5,7H,2-3,6H2,1H3. The van der Waals surface area contributed by atoms with E-state index >= 15 is 0 Å². The summed E-state index contributed by atoms with van der Waals surface area (Å²) < 4.78 is 5.34. The van der Waals surface area contributed by atoms with E-state index < -0.39 is 0 Å². The lowest BCUT2D eigenvalue weighted by Gasteiger charge is -2.05. The Kier molecular flexibility index (Phi) is 5.65. The van der Waals surface area contributed by atoms with Gasteiger partial charge in [0.25, 0.3) is 0 Å². The van der Waals surface area contributed by atoms with Crippen molar-refractivity contribution in [3.8, 4) is 0 Å². The highest BCUT2D eigenvalue weighted by atomic mass is 79.9. The molecule has 0 unspecified atom stereocenters. The summed E-state index contributed by atoms with van der Waals surface area (Å²) in [6.45, 7) is 0. The Morgan fingerprint density at radius 2 is 2.06 bits per heavy atom. The first kappa shape index (κ1) is 14.2. The zero-order valence-electron chi connectivity index (χ0n) is 9.33. The molecule has 0 bridgehead atoms. The van der Waals surface area contributed by atoms with Gasteiger partial charge in [-0.2, -0.15) is 0 Å². The monoisotopic (exact) mass is 318 g/mol. The number of carbonyl (C=O) groups is 2. The molecule has 0 aliphatic heterocycles. The summed E-state index contributed by atoms with van der Waals surface area (Å²) in [6.07, 6.45) is 0.437. The van der Waals surface area contributed by atoms with Crippen LogP contribution in [0.1, 0.15) is 22.3 Å². The number of esters is 1. The zero-order chi connectivity index (χ0) is 12.8. The number of rotatable bonds is 5. The lowest BCUT2D eigenvalue weighted by molar-refractivity contribution is -0.139. The number of ketones is 1. The van der Waals surface area contributed by atoms with E-state index in [2.05, 4.69) is 20.7 Å². The predicted molar refractivity (Wildman–Crippen MR) is 69.5 cm³/mol. The number of hydrogen-bond donors (Lipinski definition) is 0. The molecular weight excluding hydrogens is 307 g/mol. The molecule has 1 aromatic carbocycles. The molecule has 0 aliphatic carbocycles. The number of halogens is 2. The van der Waals surface area contributed by atoms with Crippen molar-refractivity contribution in [1.29, 1.82) is 0 Å². The minimum atomic E-state index is -0.334. The van der Waals surface area contributed by atoms with Crippen molar-refractivity contribution < 1.29 is 14.3 Å². The second-order valence-corrected chi connectivity index (χ2v) is 4.76. The van der Waals surface area contributed by atoms with Crippen LogP contribution in [0.3, 0.4) is 0 Å². The van der Waals surface area contributed by atoms with E-state index in [1.54, 1.807) is 18.2 Å². The molecule has 0 saturated carbocycles. The van der Waals surface area contributed by atoms with Gasteiger partial charge in [0.15, 0.2) is 5.78 Å². The van der Waals surface area contributed by atoms with Gasteiger partial charge in [-0.1, -0.05) is 15.9 Å². The van der Waals surface area contributed by atoms with Crippen molar-refractivity contribution >= 4 is 39.3 Å². The lowest BCUT2D eigenvalue weighted by Crippen LogP contribution is -2.06. The lowest BCUT2D eigenvalue weighted by atomic mass is 10.0. The molecule has 0 heterocycles. The molecule has 0 N–H and O–H groups in total. The molecule has 0 saturated heterocycles. The molecule has 0 aromatic heterocycles. The zero-order valence-corrected chi connectivity index (χ0v) is 11.7. The molecule has 0 aliphatic rings. The SMILES string of the molecule is COC(=O)Cc1cc(Br)cc(C(=O)CCCl)c1. The summed E-state index contributed by atoms with van der Waals surface area (Å²) in [6, 6.07) is 5.20. The van der Waals surface area contributed by atoms with Crippen molar-refractivity contribution in [2.45, 2.75) is 12.8 Å². The van der Waals surface area contributed by atoms with Crippen LogP contribution in [-0.4, -0.2) is 24.7 Å². The smallest absolute Gasteiger partial charge is 0.309 e. The van der Waals surface area contributed by atoms with Gasteiger partial charge < -0.3 is 4.74 Å². The van der Waals surface area contributed by atoms with Gasteiger partial charge in [-0.05, 0) is 23.8 Å². The Bertz CT molecular complexity index is 432. The van der Waals surface area contributed by atoms with E-state index in [1.807, 2.05) is 0 Å². The molecular formula is C12H12BrClO3. The summed E-state index contributed by atoms with van der Waals surface area (Å²) in [4.78, 5) is 22.8. The molecule has 0 fully saturated rings. The number of hydrogen-bond acceptors (Lipinski definition) is 3. The Hall–Kier alpha value is -0.870. The number of alkyl halides is 1. The average Bonchev–Trinajstić information content (AvgIpc) is 2.28. The molecule has 0 spiro atoms. The van der Waals surface area contributed by atoms with Crippen LogP contribution in [0.2, 0.25) is 0 Å². The van der Waals surface area contributed by atoms with Gasteiger partial charge >= 0.3 is 5.97 Å². The number of carbonyl (C=O) groups excluding carboxylic acids is 2. The normalized spacial score (nSPS) is 10.1. The third-order valence-electron chi connectivity index (χ3n) is 2.18. The number of benzene rings is 1. The van der Waals surface area contributed by atoms with Crippen molar-refractivity contribution in [1.82, 2.24) is 0 Å². The summed E-state index contributed by atoms with van der Waals surface area (Å²) in [5, 5.41) is 0. The van der Waals surface area contributed by atoms with Gasteiger partial charge in [0.2, 0.25) is 0 Å². The fourth-order valence-electron chi connectivity index (χ4n) is 1.38. The molecule has 0 radical (unpaired) electrons. The minimum absolute atomic E-state index is 0.0348. The molecule has 0 atom stereocenters. The van der Waals surface area contributed by atoms with Crippen LogP contribution >= 0.6 is 27.5 Å². The molecule has 3 nitrogen and oxygen atoms in total. The topological polar surface area (TPSA) is 43.4 Å². The summed E-state index contributed by atoms with van der Waals surface area (Å²) in [7, 11) is 1.33. The number of methoxy groups -OCH3 is 1. The van der Waals surface area contributed by atoms with E-state index in [0.717, 1.165) is 10.0 Å². The highest BCUT2D eigenvalue weighted by Gasteiger charge is 2.10. The number of ether oxygens (including phenoxy) is 1. The maximum Gasteiger partial charge on any atom is 0.309 e. The fraction of sp³-hybridized carbons (Fsp3) is 0.333. The average molecular weight is 320 g/mol. The van der Waals surface area contributed by atoms with Gasteiger partial charge in [0.05, 0.1) is 13.5 Å². The first-order valence-electron chi connectivity index (χ1n) is 5.02. The maximum atomic E-state index is 11.7. The van der Waals surface area contributed by atoms with Crippen molar-refractivity contribution in [2.75, 3.05) is 13.0 Å². The highest BCUT2D eigenvalue weighted by molar-refractivity contribution is 9.10. The second-order valence-electron chi connectivity index (χ2n) is 3.46. The predicted octanol–water partition coefficient (Wildman–Crippen LogP) is 2.98. The van der Waals surface area contributed by atoms with Gasteiger partial charge in [0.1, 0.15) is 0 Å². The van der Waals surface area contributed by atoms with Gasteiger partial charge in [-0.15, -0.1) is 11.6 Å². The molecule has 92 valence electrons. The Morgan fingerprint density at radius 3 is 2.65 bits per heavy atom. The highest BCUT2D eigenvalue weighted by Crippen LogP contribution is 2.18. The van der Waals surface area contributed by atoms with Crippen LogP contribution in [0.4, 0.5) is 0 Å². The van der Waals surface area contributed by atoms with E-state index in [4.69, 9.17) is 11.6 Å². The Labute approximate surface area is 113 Å². The first-order valence-corrected chi connectivity index (χ1v) is 6.35. The van der Waals surface area contributed by atoms with Crippen molar-refractivity contribution in [3.05, 3.63) is 33.8 Å². The van der Waals surface area contributed by atoms with Gasteiger partial charge in [0, 0.05) is 22.3 Å².